The van der Waals surface area contributed by atoms with Crippen molar-refractivity contribution in [3.63, 3.8) is 0 Å². The summed E-state index contributed by atoms with van der Waals surface area (Å²) in [7, 11) is 1.60. The normalized spacial score (nSPS) is 13.4. The van der Waals surface area contributed by atoms with Crippen molar-refractivity contribution in [2.75, 3.05) is 20.1 Å². The van der Waals surface area contributed by atoms with E-state index >= 15 is 0 Å². The number of carbonyl (C=O) groups excluding carboxylic acids is 1. The molecule has 0 radical (unpaired) electrons. The number of benzene rings is 1. The second kappa shape index (κ2) is 7.69. The van der Waals surface area contributed by atoms with Gasteiger partial charge in [0.2, 0.25) is 0 Å². The first-order valence-corrected chi connectivity index (χ1v) is 6.47. The third kappa shape index (κ3) is 5.88. The summed E-state index contributed by atoms with van der Waals surface area (Å²) in [6.07, 6.45) is -0.868. The Morgan fingerprint density at radius 2 is 2.20 bits per heavy atom. The molecule has 0 aliphatic heterocycles. The molecule has 1 aromatic carbocycles. The van der Waals surface area contributed by atoms with Crippen LogP contribution in [0.4, 0.5) is 9.18 Å². The molecule has 5 nitrogen and oxygen atoms in total. The molecule has 2 amide bonds. The monoisotopic (exact) mass is 284 g/mol. The van der Waals surface area contributed by atoms with Crippen LogP contribution in [0.5, 0.6) is 5.75 Å². The number of amides is 2. The zero-order valence-corrected chi connectivity index (χ0v) is 12.0. The number of nitrogens with one attached hydrogen (secondary N) is 1. The van der Waals surface area contributed by atoms with E-state index in [0.29, 0.717) is 12.3 Å². The van der Waals surface area contributed by atoms with Crippen LogP contribution in [0.1, 0.15) is 13.8 Å². The second-order valence-electron chi connectivity index (χ2n) is 4.80. The topological polar surface area (TPSA) is 61.8 Å². The summed E-state index contributed by atoms with van der Waals surface area (Å²) >= 11 is 0. The molecule has 0 heterocycles. The van der Waals surface area contributed by atoms with Gasteiger partial charge in [-0.1, -0.05) is 6.07 Å². The van der Waals surface area contributed by atoms with Crippen LogP contribution in [0.15, 0.2) is 24.3 Å². The van der Waals surface area contributed by atoms with Gasteiger partial charge < -0.3 is 20.1 Å². The SMILES string of the molecule is CC(O)CN(C)C(=O)NCC(C)Oc1cccc(F)c1. The lowest BCUT2D eigenvalue weighted by molar-refractivity contribution is 0.141. The van der Waals surface area contributed by atoms with E-state index in [1.165, 1.54) is 17.0 Å². The number of halogens is 1. The van der Waals surface area contributed by atoms with E-state index < -0.39 is 6.10 Å². The molecule has 112 valence electrons. The minimum Gasteiger partial charge on any atom is -0.489 e. The van der Waals surface area contributed by atoms with Crippen molar-refractivity contribution < 1.29 is 19.0 Å². The summed E-state index contributed by atoms with van der Waals surface area (Å²) < 4.78 is 18.5. The van der Waals surface area contributed by atoms with Gasteiger partial charge in [-0.2, -0.15) is 0 Å². The van der Waals surface area contributed by atoms with Gasteiger partial charge in [0.15, 0.2) is 0 Å². The van der Waals surface area contributed by atoms with Crippen LogP contribution in [0.2, 0.25) is 0 Å². The highest BCUT2D eigenvalue weighted by Gasteiger charge is 2.12. The number of urea groups is 1. The number of ether oxygens (including phenoxy) is 1. The average Bonchev–Trinajstić information content (AvgIpc) is 2.35. The molecule has 0 fully saturated rings. The quantitative estimate of drug-likeness (QED) is 0.834. The van der Waals surface area contributed by atoms with E-state index in [4.69, 9.17) is 4.74 Å². The third-order valence-electron chi connectivity index (χ3n) is 2.56. The van der Waals surface area contributed by atoms with E-state index in [9.17, 15) is 14.3 Å². The number of carbonyl (C=O) groups is 1. The van der Waals surface area contributed by atoms with Crippen LogP contribution in [-0.2, 0) is 0 Å². The molecule has 0 aliphatic carbocycles. The molecule has 0 spiro atoms. The Labute approximate surface area is 118 Å². The standard InChI is InChI=1S/C14H21FN2O3/c1-10(18)9-17(3)14(19)16-8-11(2)20-13-6-4-5-12(15)7-13/h4-7,10-11,18H,8-9H2,1-3H3,(H,16,19). The molecule has 2 atom stereocenters. The first-order valence-electron chi connectivity index (χ1n) is 6.47. The Morgan fingerprint density at radius 1 is 1.50 bits per heavy atom. The number of nitrogens with zero attached hydrogens (tertiary/aromatic N) is 1. The van der Waals surface area contributed by atoms with Gasteiger partial charge in [0.1, 0.15) is 17.7 Å². The summed E-state index contributed by atoms with van der Waals surface area (Å²) in [4.78, 5) is 13.1. The number of rotatable bonds is 6. The molecule has 0 saturated heterocycles. The summed E-state index contributed by atoms with van der Waals surface area (Å²) in [5, 5.41) is 11.9. The summed E-state index contributed by atoms with van der Waals surface area (Å²) in [6, 6.07) is 5.55. The smallest absolute Gasteiger partial charge is 0.317 e. The third-order valence-corrected chi connectivity index (χ3v) is 2.56. The van der Waals surface area contributed by atoms with E-state index in [1.54, 1.807) is 33.0 Å². The molecule has 1 rings (SSSR count). The molecular formula is C14H21FN2O3. The Balaban J connectivity index is 2.36. The lowest BCUT2D eigenvalue weighted by Gasteiger charge is -2.21. The molecule has 0 saturated carbocycles. The van der Waals surface area contributed by atoms with Crippen molar-refractivity contribution in [3.8, 4) is 5.75 Å². The van der Waals surface area contributed by atoms with Crippen molar-refractivity contribution in [1.82, 2.24) is 10.2 Å². The molecule has 1 aromatic rings. The summed E-state index contributed by atoms with van der Waals surface area (Å²) in [6.45, 7) is 3.93. The van der Waals surface area contributed by atoms with Crippen molar-refractivity contribution in [3.05, 3.63) is 30.1 Å². The van der Waals surface area contributed by atoms with Gasteiger partial charge in [-0.15, -0.1) is 0 Å². The maximum atomic E-state index is 13.0. The predicted molar refractivity (Wildman–Crippen MR) is 74.2 cm³/mol. The summed E-state index contributed by atoms with van der Waals surface area (Å²) in [5.41, 5.74) is 0. The first kappa shape index (κ1) is 16.2. The highest BCUT2D eigenvalue weighted by Crippen LogP contribution is 2.13. The highest BCUT2D eigenvalue weighted by molar-refractivity contribution is 5.73. The number of hydrogen-bond donors (Lipinski definition) is 2. The number of hydrogen-bond acceptors (Lipinski definition) is 3. The van der Waals surface area contributed by atoms with Crippen molar-refractivity contribution in [2.24, 2.45) is 0 Å². The van der Waals surface area contributed by atoms with Gasteiger partial charge in [-0.25, -0.2) is 9.18 Å². The zero-order valence-electron chi connectivity index (χ0n) is 12.0. The number of aliphatic hydroxyl groups excluding tert-OH is 1. The highest BCUT2D eigenvalue weighted by atomic mass is 19.1. The Kier molecular flexibility index (Phi) is 6.24. The van der Waals surface area contributed by atoms with Crippen LogP contribution >= 0.6 is 0 Å². The fraction of sp³-hybridized carbons (Fsp3) is 0.500. The van der Waals surface area contributed by atoms with Gasteiger partial charge in [-0.3, -0.25) is 0 Å². The molecule has 2 unspecified atom stereocenters. The van der Waals surface area contributed by atoms with Crippen molar-refractivity contribution in [2.45, 2.75) is 26.1 Å². The van der Waals surface area contributed by atoms with Gasteiger partial charge in [0, 0.05) is 19.7 Å². The van der Waals surface area contributed by atoms with Crippen LogP contribution in [-0.4, -0.2) is 48.4 Å². The van der Waals surface area contributed by atoms with Crippen LogP contribution in [0, 0.1) is 5.82 Å². The maximum absolute atomic E-state index is 13.0. The maximum Gasteiger partial charge on any atom is 0.317 e. The van der Waals surface area contributed by atoms with Crippen molar-refractivity contribution in [1.29, 1.82) is 0 Å². The number of aliphatic hydroxyl groups is 1. The van der Waals surface area contributed by atoms with Gasteiger partial charge in [0.05, 0.1) is 12.6 Å². The van der Waals surface area contributed by atoms with Crippen LogP contribution < -0.4 is 10.1 Å². The fourth-order valence-electron chi connectivity index (χ4n) is 1.66. The van der Waals surface area contributed by atoms with Gasteiger partial charge >= 0.3 is 6.03 Å². The second-order valence-corrected chi connectivity index (χ2v) is 4.80. The molecule has 0 bridgehead atoms. The molecule has 0 aromatic heterocycles. The molecule has 6 heteroatoms. The molecular weight excluding hydrogens is 263 g/mol. The van der Waals surface area contributed by atoms with Gasteiger partial charge in [0.25, 0.3) is 0 Å². The Bertz CT molecular complexity index is 440. The number of likely N-dealkylation sites (N-methyl/N-ethyl adjacent to an activating group) is 1. The molecule has 2 N–H and O–H groups in total. The van der Waals surface area contributed by atoms with E-state index in [0.717, 1.165) is 0 Å². The van der Waals surface area contributed by atoms with E-state index in [2.05, 4.69) is 5.32 Å². The predicted octanol–water partition coefficient (Wildman–Crippen LogP) is 1.62. The van der Waals surface area contributed by atoms with E-state index in [1.807, 2.05) is 0 Å². The van der Waals surface area contributed by atoms with E-state index in [-0.39, 0.29) is 24.5 Å². The lowest BCUT2D eigenvalue weighted by Crippen LogP contribution is -2.43. The minimum absolute atomic E-state index is 0.255. The van der Waals surface area contributed by atoms with Crippen LogP contribution in [0.25, 0.3) is 0 Å². The summed E-state index contributed by atoms with van der Waals surface area (Å²) in [5.74, 6) is 0.0551. The largest absolute Gasteiger partial charge is 0.489 e. The average molecular weight is 284 g/mol. The zero-order chi connectivity index (χ0) is 15.1. The Morgan fingerprint density at radius 3 is 2.80 bits per heavy atom. The van der Waals surface area contributed by atoms with Crippen LogP contribution in [0.3, 0.4) is 0 Å². The lowest BCUT2D eigenvalue weighted by atomic mass is 10.3. The molecule has 20 heavy (non-hydrogen) atoms. The fourth-order valence-corrected chi connectivity index (χ4v) is 1.66. The van der Waals surface area contributed by atoms with Gasteiger partial charge in [-0.05, 0) is 26.0 Å². The van der Waals surface area contributed by atoms with Crippen molar-refractivity contribution >= 4 is 6.03 Å². The first-order chi connectivity index (χ1) is 9.38. The minimum atomic E-state index is -0.577. The Hall–Kier alpha value is -1.82. The molecule has 0 aliphatic rings.